The third kappa shape index (κ3) is 4.77. The van der Waals surface area contributed by atoms with E-state index in [1.807, 2.05) is 62.8 Å². The zero-order valence-electron chi connectivity index (χ0n) is 18.4. The second kappa shape index (κ2) is 8.15. The van der Waals surface area contributed by atoms with E-state index in [-0.39, 0.29) is 12.5 Å². The van der Waals surface area contributed by atoms with Crippen LogP contribution in [0.25, 0.3) is 22.4 Å². The fraction of sp³-hybridized carbons (Fsp3) is 0.375. The highest BCUT2D eigenvalue weighted by Crippen LogP contribution is 2.33. The first kappa shape index (κ1) is 21.1. The summed E-state index contributed by atoms with van der Waals surface area (Å²) < 4.78 is 1.89. The van der Waals surface area contributed by atoms with E-state index in [9.17, 15) is 9.90 Å². The lowest BCUT2D eigenvalue weighted by Crippen LogP contribution is -2.35. The predicted molar refractivity (Wildman–Crippen MR) is 122 cm³/mol. The zero-order valence-corrected chi connectivity index (χ0v) is 18.4. The second-order valence-electron chi connectivity index (χ2n) is 8.99. The summed E-state index contributed by atoms with van der Waals surface area (Å²) in [5.41, 5.74) is 4.67. The van der Waals surface area contributed by atoms with Gasteiger partial charge in [0, 0.05) is 42.2 Å². The summed E-state index contributed by atoms with van der Waals surface area (Å²) in [5, 5.41) is 16.1. The van der Waals surface area contributed by atoms with E-state index < -0.39 is 5.54 Å². The number of imidazole rings is 1. The molecular formula is C24H29N5O2. The number of nitrogens with one attached hydrogen (secondary N) is 2. The number of aromatic nitrogens is 3. The Kier molecular flexibility index (Phi) is 5.54. The fourth-order valence-corrected chi connectivity index (χ4v) is 3.39. The molecule has 2 aromatic heterocycles. The summed E-state index contributed by atoms with van der Waals surface area (Å²) in [6.07, 6.45) is 7.59. The quantitative estimate of drug-likeness (QED) is 0.545. The average Bonchev–Trinajstić information content (AvgIpc) is 3.45. The lowest BCUT2D eigenvalue weighted by atomic mass is 9.97. The van der Waals surface area contributed by atoms with Gasteiger partial charge in [-0.25, -0.2) is 9.97 Å². The Bertz CT molecular complexity index is 1110. The van der Waals surface area contributed by atoms with Crippen LogP contribution in [0.15, 0.2) is 43.0 Å². The number of aryl methyl sites for hydroxylation is 2. The molecular weight excluding hydrogens is 390 g/mol. The van der Waals surface area contributed by atoms with Gasteiger partial charge in [0.1, 0.15) is 5.82 Å². The molecule has 31 heavy (non-hydrogen) atoms. The molecule has 0 atom stereocenters. The minimum atomic E-state index is -0.533. The number of nitrogens with zero attached hydrogens (tertiary/aromatic N) is 3. The zero-order chi connectivity index (χ0) is 22.2. The van der Waals surface area contributed by atoms with Crippen molar-refractivity contribution in [2.45, 2.75) is 45.2 Å². The van der Waals surface area contributed by atoms with Crippen molar-refractivity contribution in [3.8, 4) is 22.4 Å². The molecule has 0 saturated heterocycles. The van der Waals surface area contributed by atoms with Gasteiger partial charge in [0.2, 0.25) is 0 Å². The van der Waals surface area contributed by atoms with Crippen LogP contribution in [-0.4, -0.2) is 43.7 Å². The minimum Gasteiger partial charge on any atom is -0.394 e. The molecule has 3 N–H and O–H groups in total. The number of aliphatic hydroxyl groups excluding tert-OH is 1. The molecule has 1 aromatic carbocycles. The first-order valence-corrected chi connectivity index (χ1v) is 10.5. The van der Waals surface area contributed by atoms with Crippen LogP contribution >= 0.6 is 0 Å². The predicted octanol–water partition coefficient (Wildman–Crippen LogP) is 3.53. The molecule has 2 heterocycles. The largest absolute Gasteiger partial charge is 0.394 e. The van der Waals surface area contributed by atoms with Gasteiger partial charge in [-0.3, -0.25) is 4.79 Å². The molecule has 1 saturated carbocycles. The van der Waals surface area contributed by atoms with Gasteiger partial charge < -0.3 is 20.3 Å². The number of carbonyl (C=O) groups excluding carboxylic acids is 1. The molecule has 7 heteroatoms. The van der Waals surface area contributed by atoms with Gasteiger partial charge in [-0.05, 0) is 62.9 Å². The maximum atomic E-state index is 12.6. The van der Waals surface area contributed by atoms with Crippen LogP contribution in [0, 0.1) is 6.92 Å². The number of aliphatic hydroxyl groups is 1. The smallest absolute Gasteiger partial charge is 0.251 e. The van der Waals surface area contributed by atoms with E-state index in [4.69, 9.17) is 0 Å². The number of pyridine rings is 1. The Morgan fingerprint density at radius 3 is 2.65 bits per heavy atom. The molecule has 0 radical (unpaired) electrons. The molecule has 0 bridgehead atoms. The first-order valence-electron chi connectivity index (χ1n) is 10.5. The van der Waals surface area contributed by atoms with Crippen molar-refractivity contribution in [2.24, 2.45) is 7.05 Å². The highest BCUT2D eigenvalue weighted by atomic mass is 16.3. The molecule has 0 unspecified atom stereocenters. The lowest BCUT2D eigenvalue weighted by Gasteiger charge is -2.25. The molecule has 1 aliphatic carbocycles. The molecule has 3 aromatic rings. The van der Waals surface area contributed by atoms with Crippen molar-refractivity contribution in [3.05, 3.63) is 54.1 Å². The van der Waals surface area contributed by atoms with E-state index in [1.165, 1.54) is 0 Å². The maximum absolute atomic E-state index is 12.6. The van der Waals surface area contributed by atoms with Crippen molar-refractivity contribution in [1.82, 2.24) is 19.9 Å². The Labute approximate surface area is 182 Å². The number of rotatable bonds is 7. The number of benzene rings is 1. The number of hydrogen-bond acceptors (Lipinski definition) is 5. The Hall–Kier alpha value is -3.19. The molecule has 1 amide bonds. The third-order valence-corrected chi connectivity index (χ3v) is 5.44. The van der Waals surface area contributed by atoms with Crippen LogP contribution in [0.5, 0.6) is 0 Å². The standard InChI is InChI=1S/C24H29N5O2/c1-15-5-6-16(23(31)27-18-7-8-18)9-19(15)17-10-20(21-12-29(4)14-26-21)22(25-11-17)28-24(2,3)13-30/h5-6,9-12,14,18,30H,7-8,13H2,1-4H3,(H,25,28)(H,27,31). The fourth-order valence-electron chi connectivity index (χ4n) is 3.39. The van der Waals surface area contributed by atoms with Crippen molar-refractivity contribution >= 4 is 11.7 Å². The van der Waals surface area contributed by atoms with Gasteiger partial charge in [0.25, 0.3) is 5.91 Å². The monoisotopic (exact) mass is 419 g/mol. The lowest BCUT2D eigenvalue weighted by molar-refractivity contribution is 0.0951. The molecule has 0 spiro atoms. The molecule has 1 aliphatic rings. The van der Waals surface area contributed by atoms with Crippen LogP contribution in [-0.2, 0) is 7.05 Å². The third-order valence-electron chi connectivity index (χ3n) is 5.44. The maximum Gasteiger partial charge on any atom is 0.251 e. The van der Waals surface area contributed by atoms with Gasteiger partial charge in [-0.1, -0.05) is 6.07 Å². The van der Waals surface area contributed by atoms with Crippen molar-refractivity contribution in [3.63, 3.8) is 0 Å². The average molecular weight is 420 g/mol. The first-order chi connectivity index (χ1) is 14.8. The normalized spacial score (nSPS) is 13.8. The molecule has 0 aliphatic heterocycles. The summed E-state index contributed by atoms with van der Waals surface area (Å²) in [4.78, 5) is 21.7. The number of carbonyl (C=O) groups is 1. The Balaban J connectivity index is 1.76. The second-order valence-corrected chi connectivity index (χ2v) is 8.99. The van der Waals surface area contributed by atoms with E-state index in [2.05, 4.69) is 20.6 Å². The molecule has 162 valence electrons. The number of amides is 1. The van der Waals surface area contributed by atoms with Gasteiger partial charge in [-0.2, -0.15) is 0 Å². The van der Waals surface area contributed by atoms with Crippen LogP contribution in [0.2, 0.25) is 0 Å². The molecule has 7 nitrogen and oxygen atoms in total. The van der Waals surface area contributed by atoms with Crippen molar-refractivity contribution in [2.75, 3.05) is 11.9 Å². The highest BCUT2D eigenvalue weighted by Gasteiger charge is 2.24. The van der Waals surface area contributed by atoms with Gasteiger partial charge in [0.05, 0.1) is 24.2 Å². The number of hydrogen-bond donors (Lipinski definition) is 3. The molecule has 4 rings (SSSR count). The van der Waals surface area contributed by atoms with E-state index in [0.717, 1.165) is 40.8 Å². The van der Waals surface area contributed by atoms with E-state index in [1.54, 1.807) is 12.5 Å². The van der Waals surface area contributed by atoms with Crippen LogP contribution in [0.4, 0.5) is 5.82 Å². The van der Waals surface area contributed by atoms with Gasteiger partial charge in [0.15, 0.2) is 0 Å². The SMILES string of the molecule is Cc1ccc(C(=O)NC2CC2)cc1-c1cnc(NC(C)(C)CO)c(-c2cn(C)cn2)c1. The minimum absolute atomic E-state index is 0.0324. The summed E-state index contributed by atoms with van der Waals surface area (Å²) in [6.45, 7) is 5.82. The summed E-state index contributed by atoms with van der Waals surface area (Å²) in [6, 6.07) is 8.12. The number of anilines is 1. The van der Waals surface area contributed by atoms with Crippen LogP contribution in [0.1, 0.15) is 42.6 Å². The summed E-state index contributed by atoms with van der Waals surface area (Å²) in [5.74, 6) is 0.617. The van der Waals surface area contributed by atoms with Crippen LogP contribution < -0.4 is 10.6 Å². The van der Waals surface area contributed by atoms with Gasteiger partial charge >= 0.3 is 0 Å². The summed E-state index contributed by atoms with van der Waals surface area (Å²) in [7, 11) is 1.92. The van der Waals surface area contributed by atoms with Crippen molar-refractivity contribution < 1.29 is 9.90 Å². The van der Waals surface area contributed by atoms with Crippen LogP contribution in [0.3, 0.4) is 0 Å². The van der Waals surface area contributed by atoms with E-state index >= 15 is 0 Å². The molecule has 1 fully saturated rings. The topological polar surface area (TPSA) is 92.1 Å². The van der Waals surface area contributed by atoms with E-state index in [0.29, 0.717) is 17.4 Å². The Morgan fingerprint density at radius 2 is 2.00 bits per heavy atom. The van der Waals surface area contributed by atoms with Crippen molar-refractivity contribution in [1.29, 1.82) is 0 Å². The highest BCUT2D eigenvalue weighted by molar-refractivity contribution is 5.96. The van der Waals surface area contributed by atoms with Gasteiger partial charge in [-0.15, -0.1) is 0 Å². The Morgan fingerprint density at radius 1 is 1.23 bits per heavy atom. The summed E-state index contributed by atoms with van der Waals surface area (Å²) >= 11 is 0.